The Morgan fingerprint density at radius 2 is 2.11 bits per heavy atom. The predicted molar refractivity (Wildman–Crippen MR) is 107 cm³/mol. The van der Waals surface area contributed by atoms with Crippen molar-refractivity contribution in [1.29, 1.82) is 0 Å². The first kappa shape index (κ1) is 19.0. The normalized spacial score (nSPS) is 21.2. The van der Waals surface area contributed by atoms with Crippen LogP contribution in [0, 0.1) is 12.8 Å². The molecule has 2 aromatic heterocycles. The Kier molecular flexibility index (Phi) is 4.69. The predicted octanol–water partition coefficient (Wildman–Crippen LogP) is 2.55. The van der Waals surface area contributed by atoms with Crippen LogP contribution in [0.2, 0.25) is 0 Å². The maximum Gasteiger partial charge on any atom is 0.407 e. The largest absolute Gasteiger partial charge is 0.444 e. The number of nitrogens with two attached hydrogens (primary N) is 1. The lowest BCUT2D eigenvalue weighted by Crippen LogP contribution is -2.40. The molecule has 1 aliphatic heterocycles. The minimum atomic E-state index is -0.493. The fourth-order valence-electron chi connectivity index (χ4n) is 3.74. The third-order valence-corrected chi connectivity index (χ3v) is 5.30. The number of ether oxygens (including phenoxy) is 1. The van der Waals surface area contributed by atoms with E-state index in [0.29, 0.717) is 12.5 Å². The van der Waals surface area contributed by atoms with Crippen molar-refractivity contribution in [2.24, 2.45) is 11.7 Å². The smallest absolute Gasteiger partial charge is 0.407 e. The molecule has 0 unspecified atom stereocenters. The molecule has 3 heterocycles. The van der Waals surface area contributed by atoms with E-state index >= 15 is 0 Å². The first-order chi connectivity index (χ1) is 13.2. The maximum absolute atomic E-state index is 12.0. The summed E-state index contributed by atoms with van der Waals surface area (Å²) in [5.41, 5.74) is 8.60. The van der Waals surface area contributed by atoms with E-state index in [-0.39, 0.29) is 18.2 Å². The van der Waals surface area contributed by atoms with Crippen molar-refractivity contribution in [3.8, 4) is 0 Å². The van der Waals surface area contributed by atoms with Gasteiger partial charge in [0.2, 0.25) is 0 Å². The number of carbonyl (C=O) groups excluding carboxylic acids is 1. The van der Waals surface area contributed by atoms with Crippen LogP contribution in [-0.2, 0) is 4.74 Å². The lowest BCUT2D eigenvalue weighted by atomic mass is 10.1. The molecule has 2 aliphatic rings. The van der Waals surface area contributed by atoms with Gasteiger partial charge < -0.3 is 20.7 Å². The van der Waals surface area contributed by atoms with Crippen LogP contribution in [0.5, 0.6) is 0 Å². The molecule has 2 fully saturated rings. The highest BCUT2D eigenvalue weighted by Gasteiger charge is 2.32. The Morgan fingerprint density at radius 1 is 1.36 bits per heavy atom. The highest BCUT2D eigenvalue weighted by molar-refractivity contribution is 5.68. The Bertz CT molecular complexity index is 883. The number of aryl methyl sites for hydroxylation is 1. The lowest BCUT2D eigenvalue weighted by molar-refractivity contribution is 0.0509. The average Bonchev–Trinajstić information content (AvgIpc) is 3.20. The highest BCUT2D eigenvalue weighted by atomic mass is 16.6. The van der Waals surface area contributed by atoms with Crippen molar-refractivity contribution >= 4 is 17.6 Å². The van der Waals surface area contributed by atoms with Crippen molar-refractivity contribution in [3.63, 3.8) is 0 Å². The van der Waals surface area contributed by atoms with Gasteiger partial charge in [0.15, 0.2) is 5.65 Å². The second-order valence-corrected chi connectivity index (χ2v) is 9.06. The van der Waals surface area contributed by atoms with Gasteiger partial charge >= 0.3 is 6.09 Å². The van der Waals surface area contributed by atoms with Gasteiger partial charge in [-0.1, -0.05) is 0 Å². The summed E-state index contributed by atoms with van der Waals surface area (Å²) in [6.07, 6.45) is 4.88. The van der Waals surface area contributed by atoms with E-state index in [9.17, 15) is 4.79 Å². The quantitative estimate of drug-likeness (QED) is 0.838. The first-order valence-corrected chi connectivity index (χ1v) is 10.1. The topological polar surface area (TPSA) is 97.8 Å². The van der Waals surface area contributed by atoms with Gasteiger partial charge in [-0.25, -0.2) is 14.3 Å². The molecule has 0 spiro atoms. The summed E-state index contributed by atoms with van der Waals surface area (Å²) in [5, 5.41) is 7.59. The number of aromatic nitrogens is 3. The van der Waals surface area contributed by atoms with Gasteiger partial charge in [-0.3, -0.25) is 0 Å². The molecule has 3 N–H and O–H groups in total. The maximum atomic E-state index is 12.0. The van der Waals surface area contributed by atoms with E-state index in [2.05, 4.69) is 15.3 Å². The van der Waals surface area contributed by atoms with Crippen molar-refractivity contribution < 1.29 is 9.53 Å². The molecule has 0 aromatic carbocycles. The molecule has 1 saturated heterocycles. The summed E-state index contributed by atoms with van der Waals surface area (Å²) >= 11 is 0. The van der Waals surface area contributed by atoms with E-state index in [1.165, 1.54) is 12.8 Å². The molecule has 1 amide bonds. The van der Waals surface area contributed by atoms with Crippen LogP contribution in [-0.4, -0.2) is 45.4 Å². The molecule has 1 aliphatic carbocycles. The number of anilines is 1. The molecule has 0 bridgehead atoms. The van der Waals surface area contributed by atoms with Crippen LogP contribution >= 0.6 is 0 Å². The monoisotopic (exact) mass is 386 g/mol. The first-order valence-electron chi connectivity index (χ1n) is 10.1. The van der Waals surface area contributed by atoms with Crippen LogP contribution in [0.25, 0.3) is 5.65 Å². The fourth-order valence-corrected chi connectivity index (χ4v) is 3.74. The van der Waals surface area contributed by atoms with Crippen LogP contribution in [0.4, 0.5) is 10.6 Å². The molecule has 2 aromatic rings. The van der Waals surface area contributed by atoms with Crippen molar-refractivity contribution in [2.45, 2.75) is 64.6 Å². The van der Waals surface area contributed by atoms with E-state index in [0.717, 1.165) is 35.7 Å². The summed E-state index contributed by atoms with van der Waals surface area (Å²) < 4.78 is 7.19. The van der Waals surface area contributed by atoms with Gasteiger partial charge in [0, 0.05) is 30.9 Å². The third-order valence-electron chi connectivity index (χ3n) is 5.30. The van der Waals surface area contributed by atoms with Gasteiger partial charge in [-0.15, -0.1) is 0 Å². The summed E-state index contributed by atoms with van der Waals surface area (Å²) in [4.78, 5) is 19.1. The molecule has 4 rings (SSSR count). The Labute approximate surface area is 165 Å². The fraction of sp³-hybridized carbons (Fsp3) is 0.650. The average molecular weight is 387 g/mol. The van der Waals surface area contributed by atoms with Crippen molar-refractivity contribution in [3.05, 3.63) is 23.5 Å². The Hall–Kier alpha value is -2.35. The van der Waals surface area contributed by atoms with Crippen molar-refractivity contribution in [1.82, 2.24) is 19.9 Å². The van der Waals surface area contributed by atoms with Crippen LogP contribution < -0.4 is 16.0 Å². The van der Waals surface area contributed by atoms with Crippen molar-refractivity contribution in [2.75, 3.05) is 18.0 Å². The molecule has 2 atom stereocenters. The van der Waals surface area contributed by atoms with Crippen LogP contribution in [0.1, 0.15) is 57.3 Å². The molecular weight excluding hydrogens is 356 g/mol. The number of hydrogen-bond acceptors (Lipinski definition) is 6. The SMILES string of the molecule is Cc1cn2nc([C@@H](N)C3CC3)cc2nc1N1CC[C@H](NC(=O)OC(C)(C)C)C1. The molecule has 8 heteroatoms. The van der Waals surface area contributed by atoms with Gasteiger partial charge in [0.05, 0.1) is 17.8 Å². The van der Waals surface area contributed by atoms with E-state index in [1.54, 1.807) is 0 Å². The minimum Gasteiger partial charge on any atom is -0.444 e. The second-order valence-electron chi connectivity index (χ2n) is 9.06. The summed E-state index contributed by atoms with van der Waals surface area (Å²) in [5.74, 6) is 1.50. The number of hydrogen-bond donors (Lipinski definition) is 2. The second kappa shape index (κ2) is 6.92. The molecule has 8 nitrogen and oxygen atoms in total. The number of carbonyl (C=O) groups is 1. The Morgan fingerprint density at radius 3 is 2.79 bits per heavy atom. The lowest BCUT2D eigenvalue weighted by Gasteiger charge is -2.22. The molecular formula is C20H30N6O2. The van der Waals surface area contributed by atoms with Crippen LogP contribution in [0.15, 0.2) is 12.3 Å². The Balaban J connectivity index is 1.46. The van der Waals surface area contributed by atoms with E-state index in [4.69, 9.17) is 15.5 Å². The molecule has 0 radical (unpaired) electrons. The van der Waals surface area contributed by atoms with Gasteiger partial charge in [0.25, 0.3) is 0 Å². The zero-order chi connectivity index (χ0) is 20.1. The number of nitrogens with zero attached hydrogens (tertiary/aromatic N) is 4. The zero-order valence-electron chi connectivity index (χ0n) is 17.1. The minimum absolute atomic E-state index is 0.000322. The summed E-state index contributed by atoms with van der Waals surface area (Å²) in [7, 11) is 0. The number of amides is 1. The number of fused-ring (bicyclic) bond motifs is 1. The molecule has 152 valence electrons. The standard InChI is InChI=1S/C20H30N6O2/c1-12-10-26-16(9-15(24-26)17(21)13-5-6-13)23-18(12)25-8-7-14(11-25)22-19(27)28-20(2,3)4/h9-10,13-14,17H,5-8,11,21H2,1-4H3,(H,22,27)/t14-,17-/m0/s1. The van der Waals surface area contributed by atoms with Crippen LogP contribution in [0.3, 0.4) is 0 Å². The number of rotatable bonds is 4. The summed E-state index contributed by atoms with van der Waals surface area (Å²) in [6.45, 7) is 9.19. The zero-order valence-corrected chi connectivity index (χ0v) is 17.1. The number of nitrogens with one attached hydrogen (secondary N) is 1. The number of alkyl carbamates (subject to hydrolysis) is 1. The van der Waals surface area contributed by atoms with Gasteiger partial charge in [0.1, 0.15) is 11.4 Å². The third kappa shape index (κ3) is 4.06. The van der Waals surface area contributed by atoms with Gasteiger partial charge in [-0.05, 0) is 52.9 Å². The molecule has 28 heavy (non-hydrogen) atoms. The van der Waals surface area contributed by atoms with E-state index in [1.807, 2.05) is 44.5 Å². The van der Waals surface area contributed by atoms with E-state index < -0.39 is 5.60 Å². The summed E-state index contributed by atoms with van der Waals surface area (Å²) in [6, 6.07) is 2.05. The molecule has 1 saturated carbocycles. The highest BCUT2D eigenvalue weighted by Crippen LogP contribution is 2.39. The van der Waals surface area contributed by atoms with Gasteiger partial charge in [-0.2, -0.15) is 5.10 Å².